The number of carbonyl (C=O) groups is 1. The van der Waals surface area contributed by atoms with Crippen molar-refractivity contribution >= 4 is 33.0 Å². The number of aromatic nitrogens is 2. The molecule has 11 heteroatoms. The summed E-state index contributed by atoms with van der Waals surface area (Å²) in [6.45, 7) is 1.83. The molecule has 1 aliphatic heterocycles. The lowest BCUT2D eigenvalue weighted by Gasteiger charge is -2.35. The number of hydrogen-bond acceptors (Lipinski definition) is 8. The predicted molar refractivity (Wildman–Crippen MR) is 112 cm³/mol. The summed E-state index contributed by atoms with van der Waals surface area (Å²) in [5.74, 6) is 0.705. The topological polar surface area (TPSA) is 106 Å². The second kappa shape index (κ2) is 7.73. The summed E-state index contributed by atoms with van der Waals surface area (Å²) in [7, 11) is -2.01. The molecule has 2 aromatic heterocycles. The van der Waals surface area contributed by atoms with E-state index in [1.54, 1.807) is 25.2 Å². The van der Waals surface area contributed by atoms with Gasteiger partial charge in [-0.15, -0.1) is 11.3 Å². The van der Waals surface area contributed by atoms with Gasteiger partial charge in [0.2, 0.25) is 21.7 Å². The molecule has 3 heterocycles. The molecule has 0 N–H and O–H groups in total. The van der Waals surface area contributed by atoms with Crippen LogP contribution in [0, 0.1) is 6.92 Å². The number of nitrogens with zero attached hydrogens (tertiary/aromatic N) is 4. The van der Waals surface area contributed by atoms with Crippen molar-refractivity contribution in [2.45, 2.75) is 19.6 Å². The van der Waals surface area contributed by atoms with Crippen LogP contribution in [0.15, 0.2) is 40.2 Å². The van der Waals surface area contributed by atoms with Gasteiger partial charge in [0.05, 0.1) is 29.9 Å². The Balaban J connectivity index is 1.52. The van der Waals surface area contributed by atoms with Crippen molar-refractivity contribution < 1.29 is 22.5 Å². The van der Waals surface area contributed by atoms with Gasteiger partial charge in [-0.1, -0.05) is 17.3 Å². The van der Waals surface area contributed by atoms with Crippen molar-refractivity contribution in [3.63, 3.8) is 0 Å². The summed E-state index contributed by atoms with van der Waals surface area (Å²) in [6, 6.07) is 8.97. The highest BCUT2D eigenvalue weighted by molar-refractivity contribution is 7.92. The number of fused-ring (bicyclic) bond motifs is 1. The molecular weight excluding hydrogens is 428 g/mol. The van der Waals surface area contributed by atoms with Crippen LogP contribution < -0.4 is 9.04 Å². The van der Waals surface area contributed by atoms with E-state index in [2.05, 4.69) is 10.1 Å². The number of hydrogen-bond donors (Lipinski definition) is 0. The van der Waals surface area contributed by atoms with Gasteiger partial charge in [-0.2, -0.15) is 4.98 Å². The molecule has 0 aliphatic carbocycles. The van der Waals surface area contributed by atoms with Crippen LogP contribution in [0.1, 0.15) is 11.5 Å². The molecule has 158 valence electrons. The smallest absolute Gasteiger partial charge is 0.265 e. The number of aryl methyl sites for hydroxylation is 1. The van der Waals surface area contributed by atoms with E-state index in [1.807, 2.05) is 24.4 Å². The number of rotatable bonds is 5. The van der Waals surface area contributed by atoms with E-state index in [9.17, 15) is 13.2 Å². The fraction of sp³-hybridized carbons (Fsp3) is 0.316. The van der Waals surface area contributed by atoms with E-state index >= 15 is 0 Å². The first-order valence-corrected chi connectivity index (χ1v) is 11.8. The molecule has 0 saturated heterocycles. The number of anilines is 1. The van der Waals surface area contributed by atoms with Gasteiger partial charge in [0.15, 0.2) is 6.10 Å². The second-order valence-electron chi connectivity index (χ2n) is 7.06. The first kappa shape index (κ1) is 20.4. The van der Waals surface area contributed by atoms with Gasteiger partial charge in [0, 0.05) is 7.05 Å². The highest BCUT2D eigenvalue weighted by Crippen LogP contribution is 2.36. The number of likely N-dealkylation sites (N-methyl/N-ethyl adjacent to an activating group) is 1. The van der Waals surface area contributed by atoms with Gasteiger partial charge in [0.1, 0.15) is 5.75 Å². The number of thiophene rings is 1. The van der Waals surface area contributed by atoms with Crippen molar-refractivity contribution in [1.29, 1.82) is 0 Å². The van der Waals surface area contributed by atoms with Crippen LogP contribution in [0.3, 0.4) is 0 Å². The van der Waals surface area contributed by atoms with Crippen LogP contribution in [0.5, 0.6) is 5.75 Å². The normalized spacial score (nSPS) is 16.1. The Kier molecular flexibility index (Phi) is 5.24. The molecule has 0 saturated carbocycles. The Morgan fingerprint density at radius 3 is 2.87 bits per heavy atom. The Morgan fingerprint density at radius 1 is 1.37 bits per heavy atom. The van der Waals surface area contributed by atoms with Crippen molar-refractivity contribution in [2.75, 3.05) is 24.2 Å². The number of amides is 1. The molecule has 0 radical (unpaired) electrons. The molecule has 9 nitrogen and oxygen atoms in total. The zero-order valence-corrected chi connectivity index (χ0v) is 18.2. The monoisotopic (exact) mass is 448 g/mol. The minimum Gasteiger partial charge on any atom is -0.476 e. The lowest BCUT2D eigenvalue weighted by molar-refractivity contribution is -0.138. The largest absolute Gasteiger partial charge is 0.476 e. The summed E-state index contributed by atoms with van der Waals surface area (Å²) < 4.78 is 36.9. The number of ether oxygens (including phenoxy) is 1. The van der Waals surface area contributed by atoms with E-state index in [0.717, 1.165) is 16.7 Å². The fourth-order valence-electron chi connectivity index (χ4n) is 3.16. The quantitative estimate of drug-likeness (QED) is 0.590. The van der Waals surface area contributed by atoms with Gasteiger partial charge >= 0.3 is 0 Å². The van der Waals surface area contributed by atoms with E-state index in [0.29, 0.717) is 17.3 Å². The third-order valence-electron chi connectivity index (χ3n) is 4.62. The van der Waals surface area contributed by atoms with Crippen molar-refractivity contribution in [3.05, 3.63) is 47.2 Å². The predicted octanol–water partition coefficient (Wildman–Crippen LogP) is 2.29. The van der Waals surface area contributed by atoms with Crippen LogP contribution >= 0.6 is 11.3 Å². The molecule has 30 heavy (non-hydrogen) atoms. The van der Waals surface area contributed by atoms with E-state index in [1.165, 1.54) is 20.5 Å². The Labute approximate surface area is 177 Å². The summed E-state index contributed by atoms with van der Waals surface area (Å²) in [6.07, 6.45) is 0.125. The van der Waals surface area contributed by atoms with Crippen LogP contribution in [0.2, 0.25) is 0 Å². The van der Waals surface area contributed by atoms with Gasteiger partial charge in [0.25, 0.3) is 5.91 Å². The van der Waals surface area contributed by atoms with Gasteiger partial charge in [-0.25, -0.2) is 8.42 Å². The zero-order valence-electron chi connectivity index (χ0n) is 16.6. The maximum Gasteiger partial charge on any atom is 0.265 e. The van der Waals surface area contributed by atoms with Crippen LogP contribution in [-0.2, 0) is 21.4 Å². The molecule has 4 rings (SSSR count). The lowest BCUT2D eigenvalue weighted by Crippen LogP contribution is -2.50. The Morgan fingerprint density at radius 2 is 2.17 bits per heavy atom. The average Bonchev–Trinajstić information content (AvgIpc) is 3.37. The molecule has 3 aromatic rings. The summed E-state index contributed by atoms with van der Waals surface area (Å²) in [4.78, 5) is 19.5. The zero-order chi connectivity index (χ0) is 21.5. The number of sulfonamides is 1. The van der Waals surface area contributed by atoms with Crippen LogP contribution in [0.25, 0.3) is 10.7 Å². The Hall–Kier alpha value is -2.92. The lowest BCUT2D eigenvalue weighted by atomic mass is 10.1. The molecule has 1 amide bonds. The third kappa shape index (κ3) is 4.03. The highest BCUT2D eigenvalue weighted by Gasteiger charge is 2.36. The first-order chi connectivity index (χ1) is 14.2. The number of benzene rings is 1. The second-order valence-corrected chi connectivity index (χ2v) is 9.91. The highest BCUT2D eigenvalue weighted by atomic mass is 32.2. The fourth-order valence-corrected chi connectivity index (χ4v) is 4.71. The summed E-state index contributed by atoms with van der Waals surface area (Å²) >= 11 is 1.49. The Bertz CT molecular complexity index is 1170. The molecule has 0 spiro atoms. The molecule has 0 unspecified atom stereocenters. The minimum atomic E-state index is -3.59. The van der Waals surface area contributed by atoms with E-state index < -0.39 is 16.1 Å². The summed E-state index contributed by atoms with van der Waals surface area (Å²) in [5, 5.41) is 5.84. The SMILES string of the molecule is Cc1ccc2c(c1)N(S(C)(=O)=O)C[C@H](C(=O)N(C)Cc1nc(-c3cccs3)no1)O2. The maximum absolute atomic E-state index is 13.0. The molecule has 1 atom stereocenters. The van der Waals surface area contributed by atoms with Crippen LogP contribution in [-0.4, -0.2) is 55.3 Å². The maximum atomic E-state index is 13.0. The van der Waals surface area contributed by atoms with Gasteiger partial charge < -0.3 is 14.2 Å². The summed E-state index contributed by atoms with van der Waals surface area (Å²) in [5.41, 5.74) is 1.33. The van der Waals surface area contributed by atoms with Gasteiger partial charge in [-0.05, 0) is 36.1 Å². The first-order valence-electron chi connectivity index (χ1n) is 9.09. The van der Waals surface area contributed by atoms with E-state index in [-0.39, 0.29) is 24.9 Å². The van der Waals surface area contributed by atoms with Crippen molar-refractivity contribution in [1.82, 2.24) is 15.0 Å². The standard InChI is InChI=1S/C19H20N4O5S2/c1-12-6-7-14-13(9-12)23(30(3,25)26)10-15(27-14)19(24)22(2)11-17-20-18(21-28-17)16-5-4-8-29-16/h4-9,15H,10-11H2,1-3H3/t15-/m1/s1. The van der Waals surface area contributed by atoms with Gasteiger partial charge in [-0.3, -0.25) is 9.10 Å². The molecule has 0 bridgehead atoms. The van der Waals surface area contributed by atoms with E-state index in [4.69, 9.17) is 9.26 Å². The minimum absolute atomic E-state index is 0.0801. The molecule has 1 aliphatic rings. The average molecular weight is 449 g/mol. The molecule has 1 aromatic carbocycles. The third-order valence-corrected chi connectivity index (χ3v) is 6.63. The number of carbonyl (C=O) groups excluding carboxylic acids is 1. The van der Waals surface area contributed by atoms with Crippen molar-refractivity contribution in [2.24, 2.45) is 0 Å². The molecule has 0 fully saturated rings. The molecular formula is C19H20N4O5S2. The van der Waals surface area contributed by atoms with Crippen molar-refractivity contribution in [3.8, 4) is 16.5 Å². The van der Waals surface area contributed by atoms with Crippen LogP contribution in [0.4, 0.5) is 5.69 Å².